The van der Waals surface area contributed by atoms with Crippen molar-refractivity contribution in [2.24, 2.45) is 5.92 Å². The van der Waals surface area contributed by atoms with Crippen molar-refractivity contribution in [3.05, 3.63) is 29.8 Å². The van der Waals surface area contributed by atoms with Gasteiger partial charge in [-0.25, -0.2) is 0 Å². The number of rotatable bonds is 5. The fraction of sp³-hybridized carbons (Fsp3) is 0.571. The molecule has 0 radical (unpaired) electrons. The molecule has 0 fully saturated rings. The Morgan fingerprint density at radius 2 is 1.94 bits per heavy atom. The van der Waals surface area contributed by atoms with E-state index < -0.39 is 0 Å². The molecule has 2 nitrogen and oxygen atoms in total. The Labute approximate surface area is 112 Å². The Kier molecular flexibility index (Phi) is 7.24. The van der Waals surface area contributed by atoms with Crippen molar-refractivity contribution in [1.29, 1.82) is 0 Å². The molecule has 0 unspecified atom stereocenters. The maximum absolute atomic E-state index is 5.84. The van der Waals surface area contributed by atoms with Crippen molar-refractivity contribution in [3.63, 3.8) is 0 Å². The smallest absolute Gasteiger partial charge is 0.0316 e. The second kappa shape index (κ2) is 7.57. The molecule has 17 heavy (non-hydrogen) atoms. The molecule has 0 spiro atoms. The number of halogens is 1. The molecule has 2 N–H and O–H groups in total. The average Bonchev–Trinajstić information content (AvgIpc) is 2.17. The van der Waals surface area contributed by atoms with Crippen LogP contribution in [0.3, 0.4) is 0 Å². The number of benzene rings is 1. The van der Waals surface area contributed by atoms with E-state index in [2.05, 4.69) is 51.0 Å². The third-order valence-electron chi connectivity index (χ3n) is 3.12. The summed E-state index contributed by atoms with van der Waals surface area (Å²) in [6.45, 7) is 5.69. The van der Waals surface area contributed by atoms with Crippen LogP contribution in [0.5, 0.6) is 0 Å². The highest BCUT2D eigenvalue weighted by atomic mass is 35.5. The highest BCUT2D eigenvalue weighted by Crippen LogP contribution is 2.29. The molecule has 0 aliphatic rings. The van der Waals surface area contributed by atoms with Crippen LogP contribution in [0, 0.1) is 5.92 Å². The number of hydrogen-bond donors (Lipinski definition) is 1. The van der Waals surface area contributed by atoms with Crippen LogP contribution in [0.1, 0.15) is 31.7 Å². The minimum Gasteiger partial charge on any atom is -0.399 e. The summed E-state index contributed by atoms with van der Waals surface area (Å²) in [7, 11) is 4.26. The molecule has 0 heterocycles. The third-order valence-corrected chi connectivity index (χ3v) is 3.12. The zero-order chi connectivity index (χ0) is 12.1. The molecule has 0 amide bonds. The SMILES string of the molecule is CC[C@@H](c1cccc(N)c1)[C@@H](C)CN(C)C.Cl. The van der Waals surface area contributed by atoms with E-state index in [1.165, 1.54) is 12.0 Å². The molecule has 1 rings (SSSR count). The number of nitrogen functional groups attached to an aromatic ring is 1. The van der Waals surface area contributed by atoms with Crippen molar-refractivity contribution in [2.45, 2.75) is 26.2 Å². The first-order chi connectivity index (χ1) is 7.54. The average molecular weight is 257 g/mol. The Balaban J connectivity index is 0.00000256. The van der Waals surface area contributed by atoms with E-state index in [-0.39, 0.29) is 12.4 Å². The third kappa shape index (κ3) is 4.97. The van der Waals surface area contributed by atoms with E-state index in [0.29, 0.717) is 11.8 Å². The minimum absolute atomic E-state index is 0. The molecule has 2 atom stereocenters. The van der Waals surface area contributed by atoms with Crippen LogP contribution in [0.2, 0.25) is 0 Å². The largest absolute Gasteiger partial charge is 0.399 e. The van der Waals surface area contributed by atoms with Crippen LogP contribution < -0.4 is 5.73 Å². The summed E-state index contributed by atoms with van der Waals surface area (Å²) in [5.41, 5.74) is 8.08. The van der Waals surface area contributed by atoms with Gasteiger partial charge in [-0.3, -0.25) is 0 Å². The molecular formula is C14H25ClN2. The van der Waals surface area contributed by atoms with Gasteiger partial charge < -0.3 is 10.6 Å². The lowest BCUT2D eigenvalue weighted by Gasteiger charge is -2.26. The van der Waals surface area contributed by atoms with E-state index in [1.807, 2.05) is 6.07 Å². The quantitative estimate of drug-likeness (QED) is 0.819. The van der Waals surface area contributed by atoms with Gasteiger partial charge in [0.1, 0.15) is 0 Å². The van der Waals surface area contributed by atoms with E-state index in [0.717, 1.165) is 12.2 Å². The second-order valence-electron chi connectivity index (χ2n) is 4.92. The van der Waals surface area contributed by atoms with Gasteiger partial charge in [0, 0.05) is 12.2 Å². The number of nitrogens with zero attached hydrogens (tertiary/aromatic N) is 1. The van der Waals surface area contributed by atoms with E-state index in [4.69, 9.17) is 5.73 Å². The van der Waals surface area contributed by atoms with Crippen LogP contribution in [0.25, 0.3) is 0 Å². The van der Waals surface area contributed by atoms with Crippen molar-refractivity contribution in [2.75, 3.05) is 26.4 Å². The molecule has 98 valence electrons. The van der Waals surface area contributed by atoms with Gasteiger partial charge in [-0.05, 0) is 50.0 Å². The van der Waals surface area contributed by atoms with Gasteiger partial charge in [-0.2, -0.15) is 0 Å². The highest BCUT2D eigenvalue weighted by molar-refractivity contribution is 5.85. The van der Waals surface area contributed by atoms with Crippen LogP contribution in [-0.4, -0.2) is 25.5 Å². The van der Waals surface area contributed by atoms with Gasteiger partial charge >= 0.3 is 0 Å². The summed E-state index contributed by atoms with van der Waals surface area (Å²) in [5, 5.41) is 0. The van der Waals surface area contributed by atoms with Gasteiger partial charge in [-0.1, -0.05) is 26.0 Å². The second-order valence-corrected chi connectivity index (χ2v) is 4.92. The summed E-state index contributed by atoms with van der Waals surface area (Å²) in [5.74, 6) is 1.26. The lowest BCUT2D eigenvalue weighted by molar-refractivity contribution is 0.301. The van der Waals surface area contributed by atoms with Gasteiger partial charge in [0.05, 0.1) is 0 Å². The molecule has 1 aromatic rings. The predicted molar refractivity (Wildman–Crippen MR) is 78.9 cm³/mol. The maximum Gasteiger partial charge on any atom is 0.0316 e. The zero-order valence-electron chi connectivity index (χ0n) is 11.3. The first kappa shape index (κ1) is 16.3. The topological polar surface area (TPSA) is 29.3 Å². The van der Waals surface area contributed by atoms with Crippen LogP contribution in [0.4, 0.5) is 5.69 Å². The van der Waals surface area contributed by atoms with Crippen molar-refractivity contribution in [1.82, 2.24) is 4.90 Å². The summed E-state index contributed by atoms with van der Waals surface area (Å²) < 4.78 is 0. The van der Waals surface area contributed by atoms with Crippen molar-refractivity contribution >= 4 is 18.1 Å². The van der Waals surface area contributed by atoms with Crippen molar-refractivity contribution < 1.29 is 0 Å². The Morgan fingerprint density at radius 3 is 2.41 bits per heavy atom. The van der Waals surface area contributed by atoms with Gasteiger partial charge in [0.15, 0.2) is 0 Å². The first-order valence-electron chi connectivity index (χ1n) is 6.04. The van der Waals surface area contributed by atoms with Gasteiger partial charge in [0.25, 0.3) is 0 Å². The molecule has 0 saturated heterocycles. The number of hydrogen-bond acceptors (Lipinski definition) is 2. The van der Waals surface area contributed by atoms with Gasteiger partial charge in [-0.15, -0.1) is 12.4 Å². The molecule has 3 heteroatoms. The molecule has 1 aromatic carbocycles. The van der Waals surface area contributed by atoms with Crippen LogP contribution in [0.15, 0.2) is 24.3 Å². The van der Waals surface area contributed by atoms with E-state index in [9.17, 15) is 0 Å². The molecule has 0 aliphatic carbocycles. The molecule has 0 aromatic heterocycles. The molecular weight excluding hydrogens is 232 g/mol. The molecule has 0 aliphatic heterocycles. The fourth-order valence-corrected chi connectivity index (χ4v) is 2.46. The lowest BCUT2D eigenvalue weighted by Crippen LogP contribution is -2.24. The predicted octanol–water partition coefficient (Wildman–Crippen LogP) is 3.38. The number of nitrogens with two attached hydrogens (primary N) is 1. The Hall–Kier alpha value is -0.730. The van der Waals surface area contributed by atoms with Gasteiger partial charge in [0.2, 0.25) is 0 Å². The molecule has 0 bridgehead atoms. The fourth-order valence-electron chi connectivity index (χ4n) is 2.46. The Morgan fingerprint density at radius 1 is 1.29 bits per heavy atom. The summed E-state index contributed by atoms with van der Waals surface area (Å²) in [6.07, 6.45) is 1.17. The van der Waals surface area contributed by atoms with Crippen LogP contribution >= 0.6 is 12.4 Å². The maximum atomic E-state index is 5.84. The van der Waals surface area contributed by atoms with Crippen molar-refractivity contribution in [3.8, 4) is 0 Å². The lowest BCUT2D eigenvalue weighted by atomic mass is 9.85. The van der Waals surface area contributed by atoms with E-state index >= 15 is 0 Å². The first-order valence-corrected chi connectivity index (χ1v) is 6.04. The monoisotopic (exact) mass is 256 g/mol. The van der Waals surface area contributed by atoms with E-state index in [1.54, 1.807) is 0 Å². The molecule has 0 saturated carbocycles. The summed E-state index contributed by atoms with van der Waals surface area (Å²) in [4.78, 5) is 2.25. The zero-order valence-corrected chi connectivity index (χ0v) is 12.1. The normalized spacial score (nSPS) is 14.2. The highest BCUT2D eigenvalue weighted by Gasteiger charge is 2.18. The Bertz CT molecular complexity index is 326. The minimum atomic E-state index is 0. The number of anilines is 1. The standard InChI is InChI=1S/C14H24N2.ClH/c1-5-14(11(2)10-16(3)4)12-7-6-8-13(15)9-12;/h6-9,11,14H,5,10,15H2,1-4H3;1H/t11-,14+;/m0./s1. The van der Waals surface area contributed by atoms with Crippen LogP contribution in [-0.2, 0) is 0 Å². The summed E-state index contributed by atoms with van der Waals surface area (Å²) in [6, 6.07) is 8.31. The summed E-state index contributed by atoms with van der Waals surface area (Å²) >= 11 is 0.